The van der Waals surface area contributed by atoms with Crippen molar-refractivity contribution in [3.8, 4) is 11.8 Å². The summed E-state index contributed by atoms with van der Waals surface area (Å²) < 4.78 is 32.3. The summed E-state index contributed by atoms with van der Waals surface area (Å²) in [5.74, 6) is -2.30. The Morgan fingerprint density at radius 2 is 1.81 bits per heavy atom. The summed E-state index contributed by atoms with van der Waals surface area (Å²) in [4.78, 5) is 0. The van der Waals surface area contributed by atoms with Crippen LogP contribution in [0.1, 0.15) is 11.1 Å². The fourth-order valence-corrected chi connectivity index (χ4v) is 1.79. The van der Waals surface area contributed by atoms with Crippen LogP contribution in [0.4, 0.5) is 8.78 Å². The Hall–Kier alpha value is -2.43. The van der Waals surface area contributed by atoms with Gasteiger partial charge in [0, 0.05) is 12.1 Å². The van der Waals surface area contributed by atoms with Gasteiger partial charge in [0.1, 0.15) is 24.0 Å². The van der Waals surface area contributed by atoms with Crippen molar-refractivity contribution in [1.29, 1.82) is 5.26 Å². The second kappa shape index (κ2) is 6.35. The summed E-state index contributed by atoms with van der Waals surface area (Å²) in [6, 6.07) is 10.3. The van der Waals surface area contributed by atoms with E-state index in [-0.39, 0.29) is 12.4 Å². The van der Waals surface area contributed by atoms with Crippen LogP contribution in [-0.4, -0.2) is 17.2 Å². The van der Waals surface area contributed by atoms with E-state index < -0.39 is 24.2 Å². The minimum Gasteiger partial charge on any atom is -0.489 e. The molecular formula is C14H10BF2NO3. The highest BCUT2D eigenvalue weighted by Gasteiger charge is 2.22. The van der Waals surface area contributed by atoms with Gasteiger partial charge in [-0.05, 0) is 17.7 Å². The molecule has 4 nitrogen and oxygen atoms in total. The number of nitriles is 1. The molecule has 0 aliphatic carbocycles. The number of nitrogens with zero attached hydrogens (tertiary/aromatic N) is 1. The van der Waals surface area contributed by atoms with Gasteiger partial charge in [0.2, 0.25) is 0 Å². The number of halogens is 2. The van der Waals surface area contributed by atoms with Crippen molar-refractivity contribution in [2.45, 2.75) is 6.61 Å². The van der Waals surface area contributed by atoms with E-state index in [2.05, 4.69) is 0 Å². The lowest BCUT2D eigenvalue weighted by molar-refractivity contribution is 0.302. The molecule has 0 fully saturated rings. The van der Waals surface area contributed by atoms with Crippen molar-refractivity contribution in [1.82, 2.24) is 0 Å². The first-order chi connectivity index (χ1) is 10.0. The van der Waals surface area contributed by atoms with Gasteiger partial charge in [-0.2, -0.15) is 5.26 Å². The van der Waals surface area contributed by atoms with Crippen LogP contribution in [0, 0.1) is 23.0 Å². The number of hydrogen-bond donors (Lipinski definition) is 2. The number of benzene rings is 2. The number of ether oxygens (including phenoxy) is 1. The van der Waals surface area contributed by atoms with E-state index in [0.717, 1.165) is 12.1 Å². The van der Waals surface area contributed by atoms with Crippen LogP contribution in [0.25, 0.3) is 0 Å². The van der Waals surface area contributed by atoms with Crippen molar-refractivity contribution in [3.63, 3.8) is 0 Å². The van der Waals surface area contributed by atoms with Gasteiger partial charge in [0.05, 0.1) is 17.1 Å². The Morgan fingerprint density at radius 3 is 2.38 bits per heavy atom. The third-order valence-corrected chi connectivity index (χ3v) is 2.77. The van der Waals surface area contributed by atoms with Crippen molar-refractivity contribution in [2.24, 2.45) is 0 Å². The normalized spacial score (nSPS) is 10.0. The lowest BCUT2D eigenvalue weighted by Gasteiger charge is -2.09. The van der Waals surface area contributed by atoms with Crippen molar-refractivity contribution in [2.75, 3.05) is 0 Å². The van der Waals surface area contributed by atoms with E-state index in [1.54, 1.807) is 24.3 Å². The number of hydrogen-bond acceptors (Lipinski definition) is 4. The molecule has 21 heavy (non-hydrogen) atoms. The average molecular weight is 289 g/mol. The summed E-state index contributed by atoms with van der Waals surface area (Å²) >= 11 is 0. The Kier molecular flexibility index (Phi) is 4.53. The van der Waals surface area contributed by atoms with Gasteiger partial charge in [-0.25, -0.2) is 8.78 Å². The van der Waals surface area contributed by atoms with Gasteiger partial charge in [-0.3, -0.25) is 0 Å². The largest absolute Gasteiger partial charge is 0.494 e. The van der Waals surface area contributed by atoms with Crippen molar-refractivity contribution < 1.29 is 23.6 Å². The molecule has 0 saturated heterocycles. The third kappa shape index (κ3) is 3.57. The fourth-order valence-electron chi connectivity index (χ4n) is 1.79. The highest BCUT2D eigenvalue weighted by molar-refractivity contribution is 6.58. The molecule has 0 saturated carbocycles. The van der Waals surface area contributed by atoms with Gasteiger partial charge in [0.25, 0.3) is 0 Å². The van der Waals surface area contributed by atoms with Crippen molar-refractivity contribution >= 4 is 12.6 Å². The highest BCUT2D eigenvalue weighted by atomic mass is 19.1. The molecule has 2 aromatic rings. The van der Waals surface area contributed by atoms with Crippen LogP contribution < -0.4 is 10.2 Å². The summed E-state index contributed by atoms with van der Waals surface area (Å²) in [6.07, 6.45) is 0. The Balaban J connectivity index is 2.15. The van der Waals surface area contributed by atoms with E-state index in [1.807, 2.05) is 6.07 Å². The first-order valence-corrected chi connectivity index (χ1v) is 5.98. The maximum atomic E-state index is 13.5. The minimum atomic E-state index is -2.23. The molecule has 2 aromatic carbocycles. The molecule has 0 unspecified atom stereocenters. The molecule has 7 heteroatoms. The maximum Gasteiger partial charge on any atom is 0.494 e. The smallest absolute Gasteiger partial charge is 0.489 e. The van der Waals surface area contributed by atoms with E-state index in [0.29, 0.717) is 11.1 Å². The second-order valence-corrected chi connectivity index (χ2v) is 4.28. The fraction of sp³-hybridized carbons (Fsp3) is 0.0714. The molecule has 0 aliphatic rings. The molecule has 2 rings (SSSR count). The molecule has 0 spiro atoms. The molecule has 0 aromatic heterocycles. The zero-order valence-corrected chi connectivity index (χ0v) is 10.8. The zero-order chi connectivity index (χ0) is 15.4. The van der Waals surface area contributed by atoms with Crippen LogP contribution in [0.3, 0.4) is 0 Å². The highest BCUT2D eigenvalue weighted by Crippen LogP contribution is 2.16. The predicted molar refractivity (Wildman–Crippen MR) is 71.7 cm³/mol. The molecular weight excluding hydrogens is 279 g/mol. The van der Waals surface area contributed by atoms with Crippen LogP contribution in [0.15, 0.2) is 36.4 Å². The molecule has 0 bridgehead atoms. The van der Waals surface area contributed by atoms with Crippen LogP contribution in [0.5, 0.6) is 5.75 Å². The van der Waals surface area contributed by atoms with Gasteiger partial charge in [-0.1, -0.05) is 12.1 Å². The Morgan fingerprint density at radius 1 is 1.14 bits per heavy atom. The van der Waals surface area contributed by atoms with E-state index >= 15 is 0 Å². The summed E-state index contributed by atoms with van der Waals surface area (Å²) in [6.45, 7) is 0.0232. The van der Waals surface area contributed by atoms with Crippen LogP contribution in [-0.2, 0) is 6.61 Å². The van der Waals surface area contributed by atoms with Gasteiger partial charge in [0.15, 0.2) is 0 Å². The first-order valence-electron chi connectivity index (χ1n) is 5.98. The standard InChI is InChI=1S/C14H10BF2NO3/c16-12-5-11(6-13(17)14(12)15(19)20)21-8-10-3-1-2-9(4-10)7-18/h1-6,19-20H,8H2. The minimum absolute atomic E-state index is 0.0232. The molecule has 0 atom stereocenters. The molecule has 106 valence electrons. The molecule has 0 heterocycles. The van der Waals surface area contributed by atoms with Crippen molar-refractivity contribution in [3.05, 3.63) is 59.2 Å². The SMILES string of the molecule is N#Cc1cccc(COc2cc(F)c(B(O)O)c(F)c2)c1. The first kappa shape index (κ1) is 15.0. The topological polar surface area (TPSA) is 73.5 Å². The predicted octanol–water partition coefficient (Wildman–Crippen LogP) is 1.10. The van der Waals surface area contributed by atoms with Crippen LogP contribution in [0.2, 0.25) is 0 Å². The molecule has 0 radical (unpaired) electrons. The summed E-state index contributed by atoms with van der Waals surface area (Å²) in [7, 11) is -2.23. The van der Waals surface area contributed by atoms with Gasteiger partial charge < -0.3 is 14.8 Å². The monoisotopic (exact) mass is 289 g/mol. The van der Waals surface area contributed by atoms with E-state index in [4.69, 9.17) is 20.0 Å². The second-order valence-electron chi connectivity index (χ2n) is 4.28. The van der Waals surface area contributed by atoms with E-state index in [9.17, 15) is 8.78 Å². The average Bonchev–Trinajstić information content (AvgIpc) is 2.44. The quantitative estimate of drug-likeness (QED) is 0.826. The Labute approximate surface area is 120 Å². The lowest BCUT2D eigenvalue weighted by atomic mass is 9.79. The Bertz CT molecular complexity index is 678. The summed E-state index contributed by atoms with van der Waals surface area (Å²) in [5, 5.41) is 26.5. The van der Waals surface area contributed by atoms with Crippen LogP contribution >= 0.6 is 0 Å². The van der Waals surface area contributed by atoms with Gasteiger partial charge in [-0.15, -0.1) is 0 Å². The van der Waals surface area contributed by atoms with E-state index in [1.165, 1.54) is 0 Å². The molecule has 0 aliphatic heterocycles. The summed E-state index contributed by atoms with van der Waals surface area (Å²) in [5.41, 5.74) is 0.294. The van der Waals surface area contributed by atoms with Gasteiger partial charge >= 0.3 is 7.12 Å². The third-order valence-electron chi connectivity index (χ3n) is 2.77. The lowest BCUT2D eigenvalue weighted by Crippen LogP contribution is -2.35. The molecule has 2 N–H and O–H groups in total. The molecule has 0 amide bonds. The maximum absolute atomic E-state index is 13.5. The number of rotatable bonds is 4. The zero-order valence-electron chi connectivity index (χ0n) is 10.8.